The van der Waals surface area contributed by atoms with Crippen molar-refractivity contribution in [1.82, 2.24) is 4.98 Å². The molecule has 1 heterocycles. The van der Waals surface area contributed by atoms with Crippen molar-refractivity contribution in [2.75, 3.05) is 5.32 Å². The molecule has 0 aliphatic carbocycles. The summed E-state index contributed by atoms with van der Waals surface area (Å²) in [4.78, 5) is 16.3. The van der Waals surface area contributed by atoms with Gasteiger partial charge in [0.2, 0.25) is 5.89 Å². The summed E-state index contributed by atoms with van der Waals surface area (Å²) in [5.74, 6) is -0.635. The van der Waals surface area contributed by atoms with Crippen LogP contribution in [0, 0.1) is 5.82 Å². The van der Waals surface area contributed by atoms with E-state index < -0.39 is 17.8 Å². The van der Waals surface area contributed by atoms with E-state index in [4.69, 9.17) is 10.2 Å². The van der Waals surface area contributed by atoms with Gasteiger partial charge in [-0.25, -0.2) is 9.37 Å². The minimum atomic E-state index is -0.484. The third-order valence-electron chi connectivity index (χ3n) is 3.45. The molecule has 5 nitrogen and oxygen atoms in total. The summed E-state index contributed by atoms with van der Waals surface area (Å²) < 4.78 is 18.4. The zero-order valence-corrected chi connectivity index (χ0v) is 12.8. The highest BCUT2D eigenvalue weighted by Gasteiger charge is 2.17. The molecule has 1 aromatic heterocycles. The van der Waals surface area contributed by atoms with Gasteiger partial charge in [-0.3, -0.25) is 4.79 Å². The number of anilines is 1. The highest BCUT2D eigenvalue weighted by atomic mass is 19.1. The first kappa shape index (κ1) is 15.9. The number of halogens is 1. The average Bonchev–Trinajstić information content (AvgIpc) is 3.06. The van der Waals surface area contributed by atoms with Gasteiger partial charge in [-0.15, -0.1) is 0 Å². The van der Waals surface area contributed by atoms with Gasteiger partial charge in [-0.1, -0.05) is 36.4 Å². The van der Waals surface area contributed by atoms with Gasteiger partial charge in [0, 0.05) is 5.69 Å². The Hall–Kier alpha value is -2.99. The molecule has 3 aromatic rings. The smallest absolute Gasteiger partial charge is 0.277 e. The molecule has 0 saturated heterocycles. The third kappa shape index (κ3) is 3.85. The Labute approximate surface area is 138 Å². The standard InChI is InChI=1S/C18H16FN3O2/c19-13-7-4-8-14(10-13)21-17(23)16-11-24-18(22-16)15(20)9-12-5-2-1-3-6-12/h1-8,10-11,15H,9,20H2,(H,21,23). The molecule has 24 heavy (non-hydrogen) atoms. The van der Waals surface area contributed by atoms with Gasteiger partial charge in [0.1, 0.15) is 12.1 Å². The third-order valence-corrected chi connectivity index (χ3v) is 3.45. The summed E-state index contributed by atoms with van der Waals surface area (Å²) in [7, 11) is 0. The minimum Gasteiger partial charge on any atom is -0.446 e. The van der Waals surface area contributed by atoms with Crippen molar-refractivity contribution in [2.24, 2.45) is 5.73 Å². The molecule has 0 bridgehead atoms. The first-order valence-corrected chi connectivity index (χ1v) is 7.43. The van der Waals surface area contributed by atoms with Gasteiger partial charge >= 0.3 is 0 Å². The first-order chi connectivity index (χ1) is 11.6. The van der Waals surface area contributed by atoms with Crippen molar-refractivity contribution in [1.29, 1.82) is 0 Å². The van der Waals surface area contributed by atoms with Crippen LogP contribution >= 0.6 is 0 Å². The molecule has 0 aliphatic rings. The summed E-state index contributed by atoms with van der Waals surface area (Å²) >= 11 is 0. The summed E-state index contributed by atoms with van der Waals surface area (Å²) in [6.07, 6.45) is 1.79. The lowest BCUT2D eigenvalue weighted by molar-refractivity contribution is 0.102. The molecule has 0 spiro atoms. The fourth-order valence-corrected chi connectivity index (χ4v) is 2.28. The van der Waals surface area contributed by atoms with Gasteiger partial charge in [0.25, 0.3) is 5.91 Å². The molecule has 1 unspecified atom stereocenters. The number of hydrogen-bond acceptors (Lipinski definition) is 4. The summed E-state index contributed by atoms with van der Waals surface area (Å²) in [6, 6.07) is 14.9. The lowest BCUT2D eigenvalue weighted by Crippen LogP contribution is -2.16. The lowest BCUT2D eigenvalue weighted by Gasteiger charge is -2.07. The predicted molar refractivity (Wildman–Crippen MR) is 87.9 cm³/mol. The van der Waals surface area contributed by atoms with E-state index in [1.807, 2.05) is 30.3 Å². The van der Waals surface area contributed by atoms with Crippen molar-refractivity contribution < 1.29 is 13.6 Å². The van der Waals surface area contributed by atoms with Crippen LogP contribution in [0.2, 0.25) is 0 Å². The van der Waals surface area contributed by atoms with Crippen LogP contribution in [-0.2, 0) is 6.42 Å². The maximum Gasteiger partial charge on any atom is 0.277 e. The Kier molecular flexibility index (Phi) is 4.67. The highest BCUT2D eigenvalue weighted by Crippen LogP contribution is 2.17. The normalized spacial score (nSPS) is 11.9. The van der Waals surface area contributed by atoms with Crippen molar-refractivity contribution >= 4 is 11.6 Å². The Balaban J connectivity index is 1.67. The molecular formula is C18H16FN3O2. The average molecular weight is 325 g/mol. The van der Waals surface area contributed by atoms with E-state index in [1.54, 1.807) is 6.07 Å². The Morgan fingerprint density at radius 1 is 1.21 bits per heavy atom. The number of nitrogens with zero attached hydrogens (tertiary/aromatic N) is 1. The van der Waals surface area contributed by atoms with Crippen LogP contribution in [-0.4, -0.2) is 10.9 Å². The van der Waals surface area contributed by atoms with E-state index in [0.29, 0.717) is 12.1 Å². The van der Waals surface area contributed by atoms with Crippen LogP contribution in [0.1, 0.15) is 28.0 Å². The molecule has 0 aliphatic heterocycles. The van der Waals surface area contributed by atoms with Crippen LogP contribution in [0.5, 0.6) is 0 Å². The van der Waals surface area contributed by atoms with Crippen LogP contribution < -0.4 is 11.1 Å². The second-order valence-corrected chi connectivity index (χ2v) is 5.33. The molecule has 3 N–H and O–H groups in total. The second-order valence-electron chi connectivity index (χ2n) is 5.33. The Morgan fingerprint density at radius 2 is 2.00 bits per heavy atom. The fourth-order valence-electron chi connectivity index (χ4n) is 2.28. The number of oxazole rings is 1. The SMILES string of the molecule is NC(Cc1ccccc1)c1nc(C(=O)Nc2cccc(F)c2)co1. The highest BCUT2D eigenvalue weighted by molar-refractivity contribution is 6.02. The summed E-state index contributed by atoms with van der Waals surface area (Å²) in [5, 5.41) is 2.56. The number of amides is 1. The van der Waals surface area contributed by atoms with E-state index in [2.05, 4.69) is 10.3 Å². The molecular weight excluding hydrogens is 309 g/mol. The topological polar surface area (TPSA) is 81.1 Å². The van der Waals surface area contributed by atoms with Crippen LogP contribution in [0.25, 0.3) is 0 Å². The molecule has 1 atom stereocenters. The van der Waals surface area contributed by atoms with Crippen LogP contribution in [0.15, 0.2) is 65.3 Å². The van der Waals surface area contributed by atoms with Crippen molar-refractivity contribution in [3.63, 3.8) is 0 Å². The maximum atomic E-state index is 13.1. The molecule has 0 radical (unpaired) electrons. The number of nitrogens with one attached hydrogen (secondary N) is 1. The number of carbonyl (C=O) groups is 1. The van der Waals surface area contributed by atoms with Gasteiger partial charge in [0.05, 0.1) is 6.04 Å². The van der Waals surface area contributed by atoms with E-state index in [9.17, 15) is 9.18 Å². The Morgan fingerprint density at radius 3 is 2.75 bits per heavy atom. The monoisotopic (exact) mass is 325 g/mol. The fraction of sp³-hybridized carbons (Fsp3) is 0.111. The number of aromatic nitrogens is 1. The van der Waals surface area contributed by atoms with Gasteiger partial charge < -0.3 is 15.5 Å². The quantitative estimate of drug-likeness (QED) is 0.754. The number of rotatable bonds is 5. The van der Waals surface area contributed by atoms with Crippen molar-refractivity contribution in [2.45, 2.75) is 12.5 Å². The van der Waals surface area contributed by atoms with E-state index >= 15 is 0 Å². The molecule has 2 aromatic carbocycles. The molecule has 6 heteroatoms. The zero-order chi connectivity index (χ0) is 16.9. The van der Waals surface area contributed by atoms with E-state index in [0.717, 1.165) is 5.56 Å². The number of nitrogens with two attached hydrogens (primary N) is 1. The number of carbonyl (C=O) groups excluding carboxylic acids is 1. The second kappa shape index (κ2) is 7.06. The van der Waals surface area contributed by atoms with Crippen molar-refractivity contribution in [3.8, 4) is 0 Å². The maximum absolute atomic E-state index is 13.1. The molecule has 0 fully saturated rings. The van der Waals surface area contributed by atoms with E-state index in [-0.39, 0.29) is 11.6 Å². The number of hydrogen-bond donors (Lipinski definition) is 2. The van der Waals surface area contributed by atoms with Crippen LogP contribution in [0.3, 0.4) is 0 Å². The van der Waals surface area contributed by atoms with Gasteiger partial charge in [-0.05, 0) is 30.2 Å². The molecule has 122 valence electrons. The number of benzene rings is 2. The zero-order valence-electron chi connectivity index (χ0n) is 12.8. The summed E-state index contributed by atoms with van der Waals surface area (Å²) in [6.45, 7) is 0. The summed E-state index contributed by atoms with van der Waals surface area (Å²) in [5.41, 5.74) is 7.57. The van der Waals surface area contributed by atoms with Crippen molar-refractivity contribution in [3.05, 3.63) is 83.8 Å². The predicted octanol–water partition coefficient (Wildman–Crippen LogP) is 3.31. The largest absolute Gasteiger partial charge is 0.446 e. The molecule has 3 rings (SSSR count). The van der Waals surface area contributed by atoms with Crippen LogP contribution in [0.4, 0.5) is 10.1 Å². The molecule has 0 saturated carbocycles. The lowest BCUT2D eigenvalue weighted by atomic mass is 10.1. The Bertz CT molecular complexity index is 833. The minimum absolute atomic E-state index is 0.0952. The van der Waals surface area contributed by atoms with Gasteiger partial charge in [-0.2, -0.15) is 0 Å². The van der Waals surface area contributed by atoms with E-state index in [1.165, 1.54) is 24.5 Å². The first-order valence-electron chi connectivity index (χ1n) is 7.43. The molecule has 1 amide bonds. The van der Waals surface area contributed by atoms with Gasteiger partial charge in [0.15, 0.2) is 5.69 Å².